The molecule has 4 heteroatoms. The van der Waals surface area contributed by atoms with Crippen molar-refractivity contribution in [3.05, 3.63) is 18.0 Å². The highest BCUT2D eigenvalue weighted by molar-refractivity contribution is 5.07. The van der Waals surface area contributed by atoms with Gasteiger partial charge in [0.2, 0.25) is 0 Å². The fourth-order valence-electron chi connectivity index (χ4n) is 0.897. The van der Waals surface area contributed by atoms with Crippen LogP contribution in [-0.4, -0.2) is 27.4 Å². The van der Waals surface area contributed by atoms with Crippen LogP contribution in [0, 0.1) is 0 Å². The van der Waals surface area contributed by atoms with Crippen LogP contribution in [0.25, 0.3) is 0 Å². The lowest BCUT2D eigenvalue weighted by atomic mass is 9.97. The molecule has 1 atom stereocenters. The first-order chi connectivity index (χ1) is 5.14. The number of nitrogens with one attached hydrogen (secondary N) is 1. The molecule has 0 spiro atoms. The van der Waals surface area contributed by atoms with Crippen molar-refractivity contribution in [1.82, 2.24) is 10.2 Å². The lowest BCUT2D eigenvalue weighted by Crippen LogP contribution is -2.42. The van der Waals surface area contributed by atoms with Gasteiger partial charge in [-0.05, 0) is 18.9 Å². The number of aromatic nitrogens is 2. The molecular weight excluding hydrogens is 142 g/mol. The minimum Gasteiger partial charge on any atom is -0.394 e. The molecule has 0 aliphatic rings. The number of aliphatic hydroxyl groups is 1. The summed E-state index contributed by atoms with van der Waals surface area (Å²) in [6.07, 6.45) is 4.13. The minimum absolute atomic E-state index is 0.0157. The molecule has 1 unspecified atom stereocenters. The zero-order valence-corrected chi connectivity index (χ0v) is 6.54. The van der Waals surface area contributed by atoms with Crippen LogP contribution in [0.1, 0.15) is 12.5 Å². The Hall–Kier alpha value is -0.870. The Bertz CT molecular complexity index is 205. The van der Waals surface area contributed by atoms with Crippen LogP contribution in [0.2, 0.25) is 0 Å². The number of rotatable bonds is 3. The summed E-state index contributed by atoms with van der Waals surface area (Å²) in [5.41, 5.74) is 6.20. The minimum atomic E-state index is -0.538. The van der Waals surface area contributed by atoms with E-state index in [0.717, 1.165) is 5.56 Å². The van der Waals surface area contributed by atoms with E-state index >= 15 is 0 Å². The first-order valence-electron chi connectivity index (χ1n) is 3.51. The van der Waals surface area contributed by atoms with Crippen molar-refractivity contribution in [3.8, 4) is 0 Å². The Balaban J connectivity index is 2.56. The quantitative estimate of drug-likeness (QED) is 0.559. The number of H-pyrrole nitrogens is 1. The van der Waals surface area contributed by atoms with Crippen LogP contribution < -0.4 is 5.73 Å². The van der Waals surface area contributed by atoms with Crippen LogP contribution in [0.4, 0.5) is 0 Å². The van der Waals surface area contributed by atoms with Gasteiger partial charge in [-0.2, -0.15) is 5.10 Å². The van der Waals surface area contributed by atoms with Gasteiger partial charge in [0.15, 0.2) is 0 Å². The van der Waals surface area contributed by atoms with E-state index in [9.17, 15) is 0 Å². The van der Waals surface area contributed by atoms with Crippen LogP contribution in [0.15, 0.2) is 12.4 Å². The van der Waals surface area contributed by atoms with Crippen molar-refractivity contribution < 1.29 is 5.11 Å². The predicted octanol–water partition coefficient (Wildman–Crippen LogP) is -0.338. The highest BCUT2D eigenvalue weighted by atomic mass is 16.3. The smallest absolute Gasteiger partial charge is 0.0611 e. The van der Waals surface area contributed by atoms with E-state index in [2.05, 4.69) is 10.2 Å². The number of hydrogen-bond acceptors (Lipinski definition) is 3. The average Bonchev–Trinajstić information content (AvgIpc) is 2.39. The van der Waals surface area contributed by atoms with E-state index in [0.29, 0.717) is 6.42 Å². The fraction of sp³-hybridized carbons (Fsp3) is 0.571. The molecule has 0 bridgehead atoms. The van der Waals surface area contributed by atoms with Gasteiger partial charge in [0.25, 0.3) is 0 Å². The van der Waals surface area contributed by atoms with Crippen LogP contribution >= 0.6 is 0 Å². The first-order valence-corrected chi connectivity index (χ1v) is 3.51. The first kappa shape index (κ1) is 8.23. The summed E-state index contributed by atoms with van der Waals surface area (Å²) < 4.78 is 0. The second kappa shape index (κ2) is 3.02. The molecule has 0 amide bonds. The third-order valence-electron chi connectivity index (χ3n) is 1.52. The molecule has 1 aromatic rings. The van der Waals surface area contributed by atoms with Crippen LogP contribution in [-0.2, 0) is 6.42 Å². The highest BCUT2D eigenvalue weighted by Crippen LogP contribution is 2.07. The monoisotopic (exact) mass is 155 g/mol. The summed E-state index contributed by atoms with van der Waals surface area (Å²) in [6.45, 7) is 1.79. The standard InChI is InChI=1S/C7H13N3O/c1-7(8,5-11)2-6-3-9-10-4-6/h3-4,11H,2,5,8H2,1H3,(H,9,10). The molecule has 0 radical (unpaired) electrons. The maximum absolute atomic E-state index is 8.84. The second-order valence-electron chi connectivity index (χ2n) is 3.10. The van der Waals surface area contributed by atoms with Crippen molar-refractivity contribution in [2.75, 3.05) is 6.61 Å². The zero-order chi connectivity index (χ0) is 8.32. The summed E-state index contributed by atoms with van der Waals surface area (Å²) >= 11 is 0. The highest BCUT2D eigenvalue weighted by Gasteiger charge is 2.17. The Morgan fingerprint density at radius 1 is 1.82 bits per heavy atom. The number of nitrogens with two attached hydrogens (primary N) is 1. The van der Waals surface area contributed by atoms with Crippen molar-refractivity contribution in [2.45, 2.75) is 18.9 Å². The Morgan fingerprint density at radius 3 is 3.00 bits per heavy atom. The SMILES string of the molecule is CC(N)(CO)Cc1cn[nH]c1. The summed E-state index contributed by atoms with van der Waals surface area (Å²) in [4.78, 5) is 0. The number of hydrogen-bond donors (Lipinski definition) is 3. The topological polar surface area (TPSA) is 74.9 Å². The van der Waals surface area contributed by atoms with Gasteiger partial charge in [0, 0.05) is 11.7 Å². The molecule has 11 heavy (non-hydrogen) atoms. The van der Waals surface area contributed by atoms with E-state index in [1.807, 2.05) is 0 Å². The van der Waals surface area contributed by atoms with E-state index < -0.39 is 5.54 Å². The Morgan fingerprint density at radius 2 is 2.55 bits per heavy atom. The second-order valence-corrected chi connectivity index (χ2v) is 3.10. The predicted molar refractivity (Wildman–Crippen MR) is 42.0 cm³/mol. The van der Waals surface area contributed by atoms with Gasteiger partial charge in [-0.25, -0.2) is 0 Å². The van der Waals surface area contributed by atoms with Gasteiger partial charge in [0.1, 0.15) is 0 Å². The number of aliphatic hydroxyl groups excluding tert-OH is 1. The van der Waals surface area contributed by atoms with Crippen molar-refractivity contribution in [1.29, 1.82) is 0 Å². The molecule has 62 valence electrons. The molecule has 0 saturated heterocycles. The average molecular weight is 155 g/mol. The van der Waals surface area contributed by atoms with E-state index in [1.54, 1.807) is 19.3 Å². The normalized spacial score (nSPS) is 16.3. The van der Waals surface area contributed by atoms with Gasteiger partial charge in [-0.1, -0.05) is 0 Å². The van der Waals surface area contributed by atoms with E-state index in [1.165, 1.54) is 0 Å². The van der Waals surface area contributed by atoms with E-state index in [-0.39, 0.29) is 6.61 Å². The molecule has 1 heterocycles. The summed E-state index contributed by atoms with van der Waals surface area (Å²) in [7, 11) is 0. The van der Waals surface area contributed by atoms with Gasteiger partial charge in [-0.15, -0.1) is 0 Å². The maximum atomic E-state index is 8.84. The lowest BCUT2D eigenvalue weighted by Gasteiger charge is -2.20. The molecule has 1 aromatic heterocycles. The molecule has 0 aliphatic carbocycles. The Labute approximate surface area is 65.4 Å². The fourth-order valence-corrected chi connectivity index (χ4v) is 0.897. The molecule has 4 nitrogen and oxygen atoms in total. The van der Waals surface area contributed by atoms with Crippen molar-refractivity contribution >= 4 is 0 Å². The molecule has 0 aromatic carbocycles. The van der Waals surface area contributed by atoms with E-state index in [4.69, 9.17) is 10.8 Å². The molecule has 0 saturated carbocycles. The summed E-state index contributed by atoms with van der Waals surface area (Å²) in [5.74, 6) is 0. The summed E-state index contributed by atoms with van der Waals surface area (Å²) in [6, 6.07) is 0. The maximum Gasteiger partial charge on any atom is 0.0611 e. The largest absolute Gasteiger partial charge is 0.394 e. The zero-order valence-electron chi connectivity index (χ0n) is 6.54. The molecule has 0 aliphatic heterocycles. The summed E-state index contributed by atoms with van der Waals surface area (Å²) in [5, 5.41) is 15.3. The van der Waals surface area contributed by atoms with Crippen molar-refractivity contribution in [2.24, 2.45) is 5.73 Å². The molecular formula is C7H13N3O. The lowest BCUT2D eigenvalue weighted by molar-refractivity contribution is 0.208. The van der Waals surface area contributed by atoms with Gasteiger partial charge >= 0.3 is 0 Å². The third kappa shape index (κ3) is 2.32. The van der Waals surface area contributed by atoms with Crippen LogP contribution in [0.5, 0.6) is 0 Å². The molecule has 0 fully saturated rings. The van der Waals surface area contributed by atoms with Crippen LogP contribution in [0.3, 0.4) is 0 Å². The van der Waals surface area contributed by atoms with Gasteiger partial charge in [-0.3, -0.25) is 5.10 Å². The van der Waals surface area contributed by atoms with Gasteiger partial charge < -0.3 is 10.8 Å². The Kier molecular flexibility index (Phi) is 2.26. The molecule has 1 rings (SSSR count). The third-order valence-corrected chi connectivity index (χ3v) is 1.52. The molecule has 4 N–H and O–H groups in total. The van der Waals surface area contributed by atoms with Gasteiger partial charge in [0.05, 0.1) is 12.8 Å². The number of nitrogens with zero attached hydrogens (tertiary/aromatic N) is 1. The van der Waals surface area contributed by atoms with Crippen molar-refractivity contribution in [3.63, 3.8) is 0 Å². The number of aromatic amines is 1.